The van der Waals surface area contributed by atoms with Crippen molar-refractivity contribution in [2.45, 2.75) is 66.4 Å². The van der Waals surface area contributed by atoms with Gasteiger partial charge in [-0.15, -0.1) is 0 Å². The number of aryl methyl sites for hydroxylation is 1. The molecule has 4 heteroatoms. The highest BCUT2D eigenvalue weighted by atomic mass is 16.3. The number of nitrogens with one attached hydrogen (secondary N) is 1. The van der Waals surface area contributed by atoms with Gasteiger partial charge in [0, 0.05) is 17.1 Å². The summed E-state index contributed by atoms with van der Waals surface area (Å²) < 4.78 is 0. The molecule has 2 N–H and O–H groups in total. The first kappa shape index (κ1) is 16.9. The van der Waals surface area contributed by atoms with Crippen LogP contribution in [0.15, 0.2) is 27.4 Å². The molecule has 0 aromatic carbocycles. The topological polar surface area (TPSA) is 65.5 Å². The van der Waals surface area contributed by atoms with Crippen LogP contribution in [0.25, 0.3) is 0 Å². The van der Waals surface area contributed by atoms with Crippen molar-refractivity contribution < 1.29 is 9.90 Å². The summed E-state index contributed by atoms with van der Waals surface area (Å²) in [5.74, 6) is -0.488. The molecule has 0 spiro atoms. The monoisotopic (exact) mass is 326 g/mol. The van der Waals surface area contributed by atoms with Crippen molar-refractivity contribution in [2.75, 3.05) is 0 Å². The van der Waals surface area contributed by atoms with E-state index in [1.54, 1.807) is 0 Å². The second kappa shape index (κ2) is 5.85. The molecule has 1 aromatic rings. The number of carbonyl (C=O) groups excluding carboxylic acids is 1. The van der Waals surface area contributed by atoms with Crippen LogP contribution in [0.5, 0.6) is 0 Å². The van der Waals surface area contributed by atoms with E-state index in [0.29, 0.717) is 11.3 Å². The first-order valence-corrected chi connectivity index (χ1v) is 8.73. The Kier molecular flexibility index (Phi) is 4.12. The summed E-state index contributed by atoms with van der Waals surface area (Å²) in [5, 5.41) is 10.7. The van der Waals surface area contributed by atoms with Crippen LogP contribution in [0.2, 0.25) is 0 Å². The maximum Gasteiger partial charge on any atom is 0.175 e. The average molecular weight is 326 g/mol. The molecule has 1 saturated carbocycles. The van der Waals surface area contributed by atoms with Gasteiger partial charge in [0.25, 0.3) is 0 Å². The molecule has 0 radical (unpaired) electrons. The number of ketones is 1. The average Bonchev–Trinajstić information content (AvgIpc) is 2.96. The summed E-state index contributed by atoms with van der Waals surface area (Å²) in [6.45, 7) is 12.2. The van der Waals surface area contributed by atoms with Crippen LogP contribution in [0.4, 0.5) is 0 Å². The lowest BCUT2D eigenvalue weighted by molar-refractivity contribution is -0.126. The van der Waals surface area contributed by atoms with Crippen molar-refractivity contribution >= 4 is 11.5 Å². The summed E-state index contributed by atoms with van der Waals surface area (Å²) in [6.07, 6.45) is 1.03. The number of aliphatic hydroxyl groups is 1. The molecule has 2 heterocycles. The van der Waals surface area contributed by atoms with Gasteiger partial charge in [0.2, 0.25) is 0 Å². The SMILES string of the molecule is CCC1=C(C)/C(=C2/C(=O)C(c3[nH]c(C)c(CC)c3C)C2O)N=C1C. The molecule has 1 aliphatic heterocycles. The van der Waals surface area contributed by atoms with Gasteiger partial charge >= 0.3 is 0 Å². The quantitative estimate of drug-likeness (QED) is 0.832. The summed E-state index contributed by atoms with van der Waals surface area (Å²) in [6, 6.07) is 0. The van der Waals surface area contributed by atoms with Crippen molar-refractivity contribution in [1.82, 2.24) is 4.98 Å². The minimum Gasteiger partial charge on any atom is -0.387 e. The number of rotatable bonds is 3. The Labute approximate surface area is 143 Å². The highest BCUT2D eigenvalue weighted by Crippen LogP contribution is 2.44. The van der Waals surface area contributed by atoms with Crippen LogP contribution in [-0.4, -0.2) is 27.7 Å². The Hall–Kier alpha value is -1.94. The predicted molar refractivity (Wildman–Crippen MR) is 96.5 cm³/mol. The number of allylic oxidation sites excluding steroid dienone is 2. The Morgan fingerprint density at radius 1 is 1.12 bits per heavy atom. The molecule has 4 nitrogen and oxygen atoms in total. The predicted octanol–water partition coefficient (Wildman–Crippen LogP) is 3.68. The number of aromatic amines is 1. The molecule has 2 aliphatic rings. The summed E-state index contributed by atoms with van der Waals surface area (Å²) in [5.41, 5.74) is 8.63. The number of hydrogen-bond donors (Lipinski definition) is 2. The Morgan fingerprint density at radius 3 is 2.25 bits per heavy atom. The Morgan fingerprint density at radius 2 is 1.79 bits per heavy atom. The minimum atomic E-state index is -0.781. The lowest BCUT2D eigenvalue weighted by Crippen LogP contribution is -2.44. The van der Waals surface area contributed by atoms with Gasteiger partial charge in [0.1, 0.15) is 6.10 Å². The van der Waals surface area contributed by atoms with E-state index in [4.69, 9.17) is 0 Å². The third-order valence-electron chi connectivity index (χ3n) is 5.59. The number of aliphatic imine (C=N–C) groups is 1. The van der Waals surface area contributed by atoms with Crippen LogP contribution >= 0.6 is 0 Å². The molecule has 24 heavy (non-hydrogen) atoms. The van der Waals surface area contributed by atoms with Gasteiger partial charge in [-0.25, -0.2) is 0 Å². The lowest BCUT2D eigenvalue weighted by Gasteiger charge is -2.35. The van der Waals surface area contributed by atoms with E-state index in [1.165, 1.54) is 11.1 Å². The van der Waals surface area contributed by atoms with Crippen molar-refractivity contribution in [3.8, 4) is 0 Å². The van der Waals surface area contributed by atoms with Gasteiger partial charge in [0.15, 0.2) is 5.78 Å². The molecule has 1 fully saturated rings. The van der Waals surface area contributed by atoms with Gasteiger partial charge in [-0.3, -0.25) is 9.79 Å². The number of Topliss-reactive ketones (excluding diaryl/α,β-unsaturated/α-hetero) is 1. The summed E-state index contributed by atoms with van der Waals surface area (Å²) >= 11 is 0. The molecule has 0 saturated heterocycles. The third-order valence-corrected chi connectivity index (χ3v) is 5.59. The smallest absolute Gasteiger partial charge is 0.175 e. The van der Waals surface area contributed by atoms with Crippen LogP contribution < -0.4 is 0 Å². The van der Waals surface area contributed by atoms with Gasteiger partial charge in [-0.05, 0) is 62.8 Å². The van der Waals surface area contributed by atoms with E-state index in [-0.39, 0.29) is 5.78 Å². The fraction of sp³-hybridized carbons (Fsp3) is 0.500. The largest absolute Gasteiger partial charge is 0.387 e. The third kappa shape index (κ3) is 2.16. The number of hydrogen-bond acceptors (Lipinski definition) is 3. The van der Waals surface area contributed by atoms with Crippen LogP contribution in [0.1, 0.15) is 62.5 Å². The van der Waals surface area contributed by atoms with E-state index in [2.05, 4.69) is 23.8 Å². The maximum atomic E-state index is 12.8. The zero-order chi connectivity index (χ0) is 17.8. The zero-order valence-electron chi connectivity index (χ0n) is 15.4. The fourth-order valence-corrected chi connectivity index (χ4v) is 4.25. The van der Waals surface area contributed by atoms with Crippen molar-refractivity contribution in [1.29, 1.82) is 0 Å². The molecule has 3 rings (SSSR count). The van der Waals surface area contributed by atoms with Crippen molar-refractivity contribution in [2.24, 2.45) is 4.99 Å². The van der Waals surface area contributed by atoms with Crippen molar-refractivity contribution in [3.05, 3.63) is 44.9 Å². The number of aromatic nitrogens is 1. The van der Waals surface area contributed by atoms with E-state index in [1.807, 2.05) is 27.7 Å². The number of H-pyrrole nitrogens is 1. The molecule has 1 aromatic heterocycles. The van der Waals surface area contributed by atoms with E-state index in [0.717, 1.165) is 41.1 Å². The molecular weight excluding hydrogens is 300 g/mol. The van der Waals surface area contributed by atoms with Gasteiger partial charge in [-0.1, -0.05) is 13.8 Å². The van der Waals surface area contributed by atoms with Crippen LogP contribution in [0.3, 0.4) is 0 Å². The number of nitrogens with zero attached hydrogens (tertiary/aromatic N) is 1. The lowest BCUT2D eigenvalue weighted by atomic mass is 9.71. The normalized spacial score (nSPS) is 27.0. The molecule has 128 valence electrons. The molecule has 2 atom stereocenters. The summed E-state index contributed by atoms with van der Waals surface area (Å²) in [4.78, 5) is 20.7. The maximum absolute atomic E-state index is 12.8. The standard InChI is InChI=1S/C20H26N2O2/c1-7-13-9(3)17(21-11(13)5)15-19(23)16(20(15)24)18-10(4)14(8-2)12(6)22-18/h15,19,21,23H,7-8H2,1-6H3/b18-16-. The molecule has 0 amide bonds. The Balaban J connectivity index is 2.02. The van der Waals surface area contributed by atoms with Crippen LogP contribution in [0, 0.1) is 13.8 Å². The second-order valence-corrected chi connectivity index (χ2v) is 6.82. The highest BCUT2D eigenvalue weighted by Gasteiger charge is 2.49. The fourth-order valence-electron chi connectivity index (χ4n) is 4.25. The molecule has 1 aliphatic carbocycles. The number of carbonyl (C=O) groups is 1. The van der Waals surface area contributed by atoms with E-state index in [9.17, 15) is 9.90 Å². The minimum absolute atomic E-state index is 0.00208. The molecule has 2 unspecified atom stereocenters. The molecule has 0 bridgehead atoms. The Bertz CT molecular complexity index is 821. The first-order chi connectivity index (χ1) is 11.3. The van der Waals surface area contributed by atoms with E-state index >= 15 is 0 Å². The zero-order valence-corrected chi connectivity index (χ0v) is 15.4. The summed E-state index contributed by atoms with van der Waals surface area (Å²) in [7, 11) is 0. The molecular formula is C20H26N2O2. The van der Waals surface area contributed by atoms with E-state index < -0.39 is 12.0 Å². The van der Waals surface area contributed by atoms with Crippen molar-refractivity contribution in [3.63, 3.8) is 0 Å². The van der Waals surface area contributed by atoms with Gasteiger partial charge in [-0.2, -0.15) is 0 Å². The second-order valence-electron chi connectivity index (χ2n) is 6.82. The first-order valence-electron chi connectivity index (χ1n) is 8.73. The highest BCUT2D eigenvalue weighted by molar-refractivity contribution is 6.12. The van der Waals surface area contributed by atoms with Crippen LogP contribution in [-0.2, 0) is 11.2 Å². The van der Waals surface area contributed by atoms with Gasteiger partial charge in [0.05, 0.1) is 17.2 Å². The number of aliphatic hydroxyl groups excluding tert-OH is 1. The van der Waals surface area contributed by atoms with Gasteiger partial charge < -0.3 is 10.1 Å².